The fourth-order valence-corrected chi connectivity index (χ4v) is 3.34. The molecule has 0 aliphatic carbocycles. The molecule has 0 spiro atoms. The highest BCUT2D eigenvalue weighted by molar-refractivity contribution is 5.92. The van der Waals surface area contributed by atoms with E-state index < -0.39 is 0 Å². The molecule has 0 fully saturated rings. The first-order valence-electron chi connectivity index (χ1n) is 8.14. The number of nitrogens with one attached hydrogen (secondary N) is 2. The molecule has 0 saturated heterocycles. The molecule has 1 atom stereocenters. The first-order chi connectivity index (χ1) is 11.2. The summed E-state index contributed by atoms with van der Waals surface area (Å²) in [6, 6.07) is 0. The number of aryl methyl sites for hydroxylation is 1. The predicted octanol–water partition coefficient (Wildman–Crippen LogP) is 0.375. The number of amides is 1. The normalized spacial score (nSPS) is 18.4. The Bertz CT molecular complexity index is 719. The molecule has 1 amide bonds. The first kappa shape index (κ1) is 19.7. The largest absolute Gasteiger partial charge is 0.350 e. The van der Waals surface area contributed by atoms with Gasteiger partial charge in [-0.05, 0) is 6.92 Å². The number of nitrogens with zero attached hydrogens (tertiary/aromatic N) is 5. The summed E-state index contributed by atoms with van der Waals surface area (Å²) in [5.41, 5.74) is 0.524. The zero-order chi connectivity index (χ0) is 15.8. The van der Waals surface area contributed by atoms with E-state index in [2.05, 4.69) is 34.9 Å². The van der Waals surface area contributed by atoms with Crippen LogP contribution in [0.5, 0.6) is 0 Å². The van der Waals surface area contributed by atoms with Crippen molar-refractivity contribution in [3.8, 4) is 0 Å². The highest BCUT2D eigenvalue weighted by atomic mass is 35.5. The zero-order valence-corrected chi connectivity index (χ0v) is 15.7. The van der Waals surface area contributed by atoms with Crippen LogP contribution in [-0.2, 0) is 25.9 Å². The van der Waals surface area contributed by atoms with Crippen molar-refractivity contribution in [2.24, 2.45) is 5.92 Å². The van der Waals surface area contributed by atoms with Crippen LogP contribution >= 0.6 is 24.8 Å². The minimum absolute atomic E-state index is 0. The molecule has 25 heavy (non-hydrogen) atoms. The highest BCUT2D eigenvalue weighted by Gasteiger charge is 2.25. The maximum absolute atomic E-state index is 12.3. The van der Waals surface area contributed by atoms with E-state index in [9.17, 15) is 4.79 Å². The predicted molar refractivity (Wildman–Crippen MR) is 97.6 cm³/mol. The highest BCUT2D eigenvalue weighted by Crippen LogP contribution is 2.19. The lowest BCUT2D eigenvalue weighted by Gasteiger charge is -2.09. The molecular formula is C15H23Cl2N7O. The third kappa shape index (κ3) is 3.96. The van der Waals surface area contributed by atoms with E-state index in [-0.39, 0.29) is 30.7 Å². The van der Waals surface area contributed by atoms with Gasteiger partial charge < -0.3 is 19.8 Å². The van der Waals surface area contributed by atoms with Gasteiger partial charge in [-0.25, -0.2) is 4.98 Å². The van der Waals surface area contributed by atoms with Gasteiger partial charge in [-0.2, -0.15) is 0 Å². The molecule has 8 nitrogen and oxygen atoms in total. The van der Waals surface area contributed by atoms with Crippen LogP contribution in [0.15, 0.2) is 6.20 Å². The molecule has 0 radical (unpaired) electrons. The third-order valence-electron chi connectivity index (χ3n) is 4.62. The van der Waals surface area contributed by atoms with Crippen molar-refractivity contribution in [1.29, 1.82) is 0 Å². The number of hydrogen-bond acceptors (Lipinski definition) is 5. The molecule has 2 aliphatic rings. The summed E-state index contributed by atoms with van der Waals surface area (Å²) in [6.07, 6.45) is 3.60. The van der Waals surface area contributed by atoms with Gasteiger partial charge in [0.25, 0.3) is 5.91 Å². The maximum atomic E-state index is 12.3. The van der Waals surface area contributed by atoms with Gasteiger partial charge in [0, 0.05) is 57.7 Å². The lowest BCUT2D eigenvalue weighted by atomic mass is 10.1. The van der Waals surface area contributed by atoms with Gasteiger partial charge in [0.2, 0.25) is 0 Å². The molecule has 0 bridgehead atoms. The average molecular weight is 388 g/mol. The minimum atomic E-state index is -0.0853. The van der Waals surface area contributed by atoms with E-state index in [1.165, 1.54) is 0 Å². The summed E-state index contributed by atoms with van der Waals surface area (Å²) in [6.45, 7) is 6.19. The Hall–Kier alpha value is -1.64. The van der Waals surface area contributed by atoms with Crippen LogP contribution in [0.4, 0.5) is 0 Å². The second kappa shape index (κ2) is 8.16. The van der Waals surface area contributed by atoms with Gasteiger partial charge >= 0.3 is 0 Å². The van der Waals surface area contributed by atoms with Gasteiger partial charge in [0.15, 0.2) is 0 Å². The van der Waals surface area contributed by atoms with Crippen LogP contribution in [-0.4, -0.2) is 49.9 Å². The van der Waals surface area contributed by atoms with E-state index in [0.29, 0.717) is 18.2 Å². The fraction of sp³-hybridized carbons (Fsp3) is 0.600. The van der Waals surface area contributed by atoms with E-state index in [1.807, 2.05) is 13.1 Å². The maximum Gasteiger partial charge on any atom is 0.271 e. The standard InChI is InChI=1S/C15H21N7O.2ClH/c1-10-19-20-14-6-11(8-22(10)14)7-17-15(23)12-9-21-5-4-16-3-2-13(21)18-12;;/h9,11,16H,2-8H2,1H3,(H,17,23);2*1H. The molecule has 0 aromatic carbocycles. The summed E-state index contributed by atoms with van der Waals surface area (Å²) >= 11 is 0. The van der Waals surface area contributed by atoms with Gasteiger partial charge in [-0.15, -0.1) is 35.0 Å². The minimum Gasteiger partial charge on any atom is -0.350 e. The molecule has 4 rings (SSSR count). The summed E-state index contributed by atoms with van der Waals surface area (Å²) in [5.74, 6) is 3.25. The monoisotopic (exact) mass is 387 g/mol. The number of hydrogen-bond donors (Lipinski definition) is 2. The smallest absolute Gasteiger partial charge is 0.271 e. The van der Waals surface area contributed by atoms with E-state index in [4.69, 9.17) is 0 Å². The third-order valence-corrected chi connectivity index (χ3v) is 4.62. The summed E-state index contributed by atoms with van der Waals surface area (Å²) < 4.78 is 4.21. The number of rotatable bonds is 3. The Morgan fingerprint density at radius 2 is 2.16 bits per heavy atom. The molecule has 2 N–H and O–H groups in total. The zero-order valence-electron chi connectivity index (χ0n) is 14.1. The molecule has 138 valence electrons. The summed E-state index contributed by atoms with van der Waals surface area (Å²) in [5, 5.41) is 14.6. The Morgan fingerprint density at radius 3 is 2.96 bits per heavy atom. The SMILES string of the molecule is Cc1nnc2n1CC(CNC(=O)c1cn3c(n1)CCNCC3)C2.Cl.Cl. The topological polar surface area (TPSA) is 89.7 Å². The Morgan fingerprint density at radius 1 is 1.32 bits per heavy atom. The number of carbonyl (C=O) groups excluding carboxylic acids is 1. The van der Waals surface area contributed by atoms with Gasteiger partial charge in [0.05, 0.1) is 0 Å². The first-order valence-corrected chi connectivity index (χ1v) is 8.14. The van der Waals surface area contributed by atoms with Crippen LogP contribution in [0.25, 0.3) is 0 Å². The molecule has 10 heteroatoms. The van der Waals surface area contributed by atoms with E-state index in [1.54, 1.807) is 0 Å². The van der Waals surface area contributed by atoms with E-state index >= 15 is 0 Å². The van der Waals surface area contributed by atoms with Crippen molar-refractivity contribution in [3.63, 3.8) is 0 Å². The van der Waals surface area contributed by atoms with Crippen molar-refractivity contribution in [2.75, 3.05) is 19.6 Å². The molecule has 0 saturated carbocycles. The summed E-state index contributed by atoms with van der Waals surface area (Å²) in [7, 11) is 0. The van der Waals surface area contributed by atoms with Crippen molar-refractivity contribution < 1.29 is 4.79 Å². The van der Waals surface area contributed by atoms with E-state index in [0.717, 1.165) is 56.5 Å². The number of aromatic nitrogens is 5. The van der Waals surface area contributed by atoms with Crippen LogP contribution in [0.3, 0.4) is 0 Å². The van der Waals surface area contributed by atoms with Crippen molar-refractivity contribution in [3.05, 3.63) is 29.4 Å². The lowest BCUT2D eigenvalue weighted by Crippen LogP contribution is -2.30. The molecular weight excluding hydrogens is 365 g/mol. The van der Waals surface area contributed by atoms with Crippen molar-refractivity contribution in [1.82, 2.24) is 34.9 Å². The van der Waals surface area contributed by atoms with Crippen molar-refractivity contribution in [2.45, 2.75) is 32.9 Å². The van der Waals surface area contributed by atoms with Crippen LogP contribution < -0.4 is 10.6 Å². The van der Waals surface area contributed by atoms with Gasteiger partial charge in [-0.1, -0.05) is 0 Å². The lowest BCUT2D eigenvalue weighted by molar-refractivity contribution is 0.0942. The van der Waals surface area contributed by atoms with Crippen LogP contribution in [0.2, 0.25) is 0 Å². The van der Waals surface area contributed by atoms with Crippen molar-refractivity contribution >= 4 is 30.7 Å². The Kier molecular flexibility index (Phi) is 6.42. The summed E-state index contributed by atoms with van der Waals surface area (Å²) in [4.78, 5) is 16.8. The van der Waals surface area contributed by atoms with Crippen LogP contribution in [0.1, 0.15) is 28.0 Å². The number of carbonyl (C=O) groups is 1. The van der Waals surface area contributed by atoms with Crippen LogP contribution in [0, 0.1) is 12.8 Å². The Balaban J connectivity index is 0.00000113. The van der Waals surface area contributed by atoms with Gasteiger partial charge in [-0.3, -0.25) is 4.79 Å². The second-order valence-electron chi connectivity index (χ2n) is 6.29. The molecule has 4 heterocycles. The Labute approximate surface area is 158 Å². The quantitative estimate of drug-likeness (QED) is 0.794. The number of halogens is 2. The molecule has 1 unspecified atom stereocenters. The molecule has 2 aromatic heterocycles. The fourth-order valence-electron chi connectivity index (χ4n) is 3.34. The molecule has 2 aromatic rings. The average Bonchev–Trinajstić information content (AvgIpc) is 3.18. The molecule has 2 aliphatic heterocycles. The second-order valence-corrected chi connectivity index (χ2v) is 6.29. The van der Waals surface area contributed by atoms with Gasteiger partial charge in [0.1, 0.15) is 23.2 Å². The number of imidazole rings is 1. The number of fused-ring (bicyclic) bond motifs is 2.